The minimum absolute atomic E-state index is 0.194. The summed E-state index contributed by atoms with van der Waals surface area (Å²) in [5, 5.41) is 8.69. The Labute approximate surface area is 174 Å². The molecule has 6 heteroatoms. The van der Waals surface area contributed by atoms with E-state index in [9.17, 15) is 4.79 Å². The Bertz CT molecular complexity index is 927. The minimum atomic E-state index is -0.194. The van der Waals surface area contributed by atoms with Crippen molar-refractivity contribution in [3.8, 4) is 0 Å². The van der Waals surface area contributed by atoms with Gasteiger partial charge in [-0.15, -0.1) is 11.3 Å². The molecule has 1 aliphatic heterocycles. The molecule has 0 fully saturated rings. The fourth-order valence-electron chi connectivity index (χ4n) is 3.74. The van der Waals surface area contributed by atoms with E-state index in [1.54, 1.807) is 35.6 Å². The molecule has 2 aromatic carbocycles. The molecular formula is C22H23ClN3OS+. The molecule has 0 aliphatic carbocycles. The first-order valence-electron chi connectivity index (χ1n) is 9.44. The van der Waals surface area contributed by atoms with E-state index in [4.69, 9.17) is 11.6 Å². The number of fused-ring (bicyclic) bond motifs is 1. The molecule has 28 heavy (non-hydrogen) atoms. The van der Waals surface area contributed by atoms with E-state index in [0.29, 0.717) is 11.6 Å². The third-order valence-electron chi connectivity index (χ3n) is 5.20. The summed E-state index contributed by atoms with van der Waals surface area (Å²) in [5.41, 5.74) is 3.59. The maximum absolute atomic E-state index is 12.4. The van der Waals surface area contributed by atoms with Gasteiger partial charge in [-0.1, -0.05) is 41.9 Å². The molecule has 3 N–H and O–H groups in total. The number of amides is 2. The van der Waals surface area contributed by atoms with Crippen LogP contribution in [0.25, 0.3) is 0 Å². The van der Waals surface area contributed by atoms with Crippen molar-refractivity contribution in [2.75, 3.05) is 18.4 Å². The molecular weight excluding hydrogens is 390 g/mol. The number of urea groups is 1. The molecule has 2 atom stereocenters. The van der Waals surface area contributed by atoms with Crippen LogP contribution in [0.3, 0.4) is 0 Å². The Morgan fingerprint density at radius 3 is 2.61 bits per heavy atom. The van der Waals surface area contributed by atoms with Gasteiger partial charge in [0.2, 0.25) is 0 Å². The average Bonchev–Trinajstić information content (AvgIpc) is 3.24. The van der Waals surface area contributed by atoms with Crippen LogP contribution < -0.4 is 15.5 Å². The van der Waals surface area contributed by atoms with Crippen LogP contribution in [0.5, 0.6) is 0 Å². The first-order valence-corrected chi connectivity index (χ1v) is 10.7. The standard InChI is InChI=1S/C22H22ClN3OS/c23-18-7-9-19(10-8-18)25-22(27)24-14-20(21-6-3-13-28-21)26-12-11-16-4-1-2-5-17(16)15-26/h1-10,13,20H,11-12,14-15H2,(H2,24,25,27)/p+1/t20-/m1/s1. The number of carbonyl (C=O) groups is 1. The van der Waals surface area contributed by atoms with E-state index in [2.05, 4.69) is 52.4 Å². The zero-order valence-corrected chi connectivity index (χ0v) is 17.0. The average molecular weight is 413 g/mol. The van der Waals surface area contributed by atoms with Gasteiger partial charge >= 0.3 is 6.03 Å². The van der Waals surface area contributed by atoms with E-state index in [1.165, 1.54) is 20.9 Å². The zero-order valence-electron chi connectivity index (χ0n) is 15.5. The Hall–Kier alpha value is -2.34. The number of quaternary nitrogens is 1. The van der Waals surface area contributed by atoms with E-state index < -0.39 is 0 Å². The lowest BCUT2D eigenvalue weighted by Crippen LogP contribution is -3.12. The van der Waals surface area contributed by atoms with Crippen LogP contribution in [0.4, 0.5) is 10.5 Å². The maximum Gasteiger partial charge on any atom is 0.319 e. The second-order valence-electron chi connectivity index (χ2n) is 7.01. The number of rotatable bonds is 5. The van der Waals surface area contributed by atoms with Gasteiger partial charge in [0.05, 0.1) is 18.0 Å². The van der Waals surface area contributed by atoms with Gasteiger partial charge in [-0.2, -0.15) is 0 Å². The highest BCUT2D eigenvalue weighted by atomic mass is 35.5. The van der Waals surface area contributed by atoms with Gasteiger partial charge < -0.3 is 15.5 Å². The molecule has 2 amide bonds. The summed E-state index contributed by atoms with van der Waals surface area (Å²) >= 11 is 7.66. The van der Waals surface area contributed by atoms with Crippen molar-refractivity contribution in [2.24, 2.45) is 0 Å². The lowest BCUT2D eigenvalue weighted by atomic mass is 9.98. The predicted molar refractivity (Wildman–Crippen MR) is 115 cm³/mol. The summed E-state index contributed by atoms with van der Waals surface area (Å²) in [6, 6.07) is 20.1. The predicted octanol–water partition coefficient (Wildman–Crippen LogP) is 3.91. The molecule has 4 nitrogen and oxygen atoms in total. The highest BCUT2D eigenvalue weighted by Crippen LogP contribution is 2.19. The highest BCUT2D eigenvalue weighted by Gasteiger charge is 2.29. The lowest BCUT2D eigenvalue weighted by molar-refractivity contribution is -0.945. The Balaban J connectivity index is 1.43. The first-order chi connectivity index (χ1) is 13.7. The van der Waals surface area contributed by atoms with Crippen molar-refractivity contribution in [1.29, 1.82) is 0 Å². The highest BCUT2D eigenvalue weighted by molar-refractivity contribution is 7.10. The van der Waals surface area contributed by atoms with Gasteiger partial charge in [0.25, 0.3) is 0 Å². The van der Waals surface area contributed by atoms with E-state index >= 15 is 0 Å². The van der Waals surface area contributed by atoms with Gasteiger partial charge in [-0.25, -0.2) is 4.79 Å². The summed E-state index contributed by atoms with van der Waals surface area (Å²) in [5.74, 6) is 0. The molecule has 4 rings (SSSR count). The molecule has 1 aliphatic rings. The van der Waals surface area contributed by atoms with Crippen molar-refractivity contribution in [3.05, 3.63) is 87.1 Å². The number of benzene rings is 2. The largest absolute Gasteiger partial charge is 0.331 e. The summed E-state index contributed by atoms with van der Waals surface area (Å²) in [4.78, 5) is 15.2. The lowest BCUT2D eigenvalue weighted by Gasteiger charge is -2.32. The van der Waals surface area contributed by atoms with Gasteiger partial charge in [0, 0.05) is 22.7 Å². The molecule has 1 aromatic heterocycles. The van der Waals surface area contributed by atoms with Gasteiger partial charge in [-0.3, -0.25) is 0 Å². The maximum atomic E-state index is 12.4. The molecule has 0 bridgehead atoms. The summed E-state index contributed by atoms with van der Waals surface area (Å²) in [7, 11) is 0. The monoisotopic (exact) mass is 412 g/mol. The fourth-order valence-corrected chi connectivity index (χ4v) is 4.75. The van der Waals surface area contributed by atoms with Crippen LogP contribution in [0.1, 0.15) is 22.0 Å². The molecule has 2 heterocycles. The fraction of sp³-hybridized carbons (Fsp3) is 0.227. The quantitative estimate of drug-likeness (QED) is 0.584. The zero-order chi connectivity index (χ0) is 19.3. The number of hydrogen-bond acceptors (Lipinski definition) is 2. The normalized spacial score (nSPS) is 16.8. The number of hydrogen-bond donors (Lipinski definition) is 3. The molecule has 0 saturated carbocycles. The second-order valence-corrected chi connectivity index (χ2v) is 8.43. The van der Waals surface area contributed by atoms with Crippen molar-refractivity contribution >= 4 is 34.7 Å². The Kier molecular flexibility index (Phi) is 5.95. The van der Waals surface area contributed by atoms with E-state index in [0.717, 1.165) is 25.2 Å². The third kappa shape index (κ3) is 4.55. The number of thiophene rings is 1. The van der Waals surface area contributed by atoms with Crippen LogP contribution in [0, 0.1) is 0 Å². The van der Waals surface area contributed by atoms with E-state index in [1.807, 2.05) is 0 Å². The molecule has 0 saturated heterocycles. The van der Waals surface area contributed by atoms with Gasteiger partial charge in [0.1, 0.15) is 12.6 Å². The van der Waals surface area contributed by atoms with Crippen molar-refractivity contribution in [2.45, 2.75) is 19.0 Å². The molecule has 0 spiro atoms. The van der Waals surface area contributed by atoms with Crippen molar-refractivity contribution < 1.29 is 9.69 Å². The topological polar surface area (TPSA) is 45.6 Å². The Morgan fingerprint density at radius 2 is 1.86 bits per heavy atom. The minimum Gasteiger partial charge on any atom is -0.331 e. The smallest absolute Gasteiger partial charge is 0.319 e. The van der Waals surface area contributed by atoms with Crippen LogP contribution >= 0.6 is 22.9 Å². The number of carbonyl (C=O) groups excluding carboxylic acids is 1. The molecule has 0 radical (unpaired) electrons. The Morgan fingerprint density at radius 1 is 1.07 bits per heavy atom. The number of halogens is 1. The van der Waals surface area contributed by atoms with Crippen LogP contribution in [-0.2, 0) is 13.0 Å². The SMILES string of the molecule is O=C(NC[C@H](c1cccs1)[NH+]1CCc2ccccc2C1)Nc1ccc(Cl)cc1. The van der Waals surface area contributed by atoms with Gasteiger partial charge in [-0.05, 0) is 41.3 Å². The first kappa shape index (κ1) is 19.0. The summed E-state index contributed by atoms with van der Waals surface area (Å²) in [6.45, 7) is 2.65. The van der Waals surface area contributed by atoms with Crippen molar-refractivity contribution in [1.82, 2.24) is 5.32 Å². The molecule has 144 valence electrons. The van der Waals surface area contributed by atoms with Crippen LogP contribution in [0.15, 0.2) is 66.0 Å². The summed E-state index contributed by atoms with van der Waals surface area (Å²) < 4.78 is 0. The van der Waals surface area contributed by atoms with E-state index in [-0.39, 0.29) is 12.1 Å². The van der Waals surface area contributed by atoms with Gasteiger partial charge in [0.15, 0.2) is 0 Å². The summed E-state index contributed by atoms with van der Waals surface area (Å²) in [6.07, 6.45) is 1.07. The van der Waals surface area contributed by atoms with Crippen molar-refractivity contribution in [3.63, 3.8) is 0 Å². The number of anilines is 1. The third-order valence-corrected chi connectivity index (χ3v) is 6.44. The van der Waals surface area contributed by atoms with Crippen LogP contribution in [-0.4, -0.2) is 19.1 Å². The molecule has 3 aromatic rings. The van der Waals surface area contributed by atoms with Crippen LogP contribution in [0.2, 0.25) is 5.02 Å². The second kappa shape index (κ2) is 8.78. The molecule has 1 unspecified atom stereocenters. The number of nitrogens with one attached hydrogen (secondary N) is 3.